The van der Waals surface area contributed by atoms with E-state index in [1.54, 1.807) is 0 Å². The number of H-pyrrole nitrogens is 1. The lowest BCUT2D eigenvalue weighted by atomic mass is 10.1. The molecule has 2 unspecified atom stereocenters. The van der Waals surface area contributed by atoms with Crippen molar-refractivity contribution in [2.24, 2.45) is 5.92 Å². The van der Waals surface area contributed by atoms with Crippen molar-refractivity contribution in [3.8, 4) is 0 Å². The lowest BCUT2D eigenvalue weighted by Gasteiger charge is -2.17. The first-order chi connectivity index (χ1) is 8.34. The fraction of sp³-hybridized carbons (Fsp3) is 0.467. The van der Waals surface area contributed by atoms with E-state index < -0.39 is 0 Å². The van der Waals surface area contributed by atoms with Crippen LogP contribution in [0.15, 0.2) is 30.5 Å². The molecule has 1 fully saturated rings. The molecule has 0 aliphatic heterocycles. The van der Waals surface area contributed by atoms with Gasteiger partial charge in [-0.1, -0.05) is 25.5 Å². The summed E-state index contributed by atoms with van der Waals surface area (Å²) < 4.78 is 0. The zero-order valence-electron chi connectivity index (χ0n) is 10.4. The summed E-state index contributed by atoms with van der Waals surface area (Å²) in [6.45, 7) is 3.35. The Morgan fingerprint density at radius 1 is 1.29 bits per heavy atom. The molecular formula is C15H20N2. The highest BCUT2D eigenvalue weighted by atomic mass is 14.9. The van der Waals surface area contributed by atoms with Crippen molar-refractivity contribution in [2.45, 2.75) is 38.8 Å². The second kappa shape index (κ2) is 4.53. The Labute approximate surface area is 102 Å². The van der Waals surface area contributed by atoms with Crippen LogP contribution >= 0.6 is 0 Å². The Bertz CT molecular complexity index is 500. The van der Waals surface area contributed by atoms with E-state index in [1.165, 1.54) is 35.7 Å². The summed E-state index contributed by atoms with van der Waals surface area (Å²) in [5.41, 5.74) is 2.65. The quantitative estimate of drug-likeness (QED) is 0.827. The molecule has 3 rings (SSSR count). The van der Waals surface area contributed by atoms with Gasteiger partial charge >= 0.3 is 0 Å². The Morgan fingerprint density at radius 3 is 3.06 bits per heavy atom. The van der Waals surface area contributed by atoms with Crippen molar-refractivity contribution in [1.29, 1.82) is 0 Å². The van der Waals surface area contributed by atoms with E-state index in [4.69, 9.17) is 0 Å². The summed E-state index contributed by atoms with van der Waals surface area (Å²) in [7, 11) is 0. The number of nitrogens with one attached hydrogen (secondary N) is 2. The van der Waals surface area contributed by atoms with Crippen LogP contribution in [0.4, 0.5) is 0 Å². The largest absolute Gasteiger partial charge is 0.361 e. The minimum atomic E-state index is 0.712. The number of aromatic amines is 1. The van der Waals surface area contributed by atoms with Gasteiger partial charge in [0.05, 0.1) is 0 Å². The average Bonchev–Trinajstić information content (AvgIpc) is 2.95. The van der Waals surface area contributed by atoms with Crippen molar-refractivity contribution in [3.63, 3.8) is 0 Å². The van der Waals surface area contributed by atoms with Crippen LogP contribution in [0.25, 0.3) is 10.9 Å². The number of fused-ring (bicyclic) bond motifs is 1. The minimum absolute atomic E-state index is 0.712. The van der Waals surface area contributed by atoms with E-state index in [0.717, 1.165) is 12.5 Å². The van der Waals surface area contributed by atoms with Gasteiger partial charge in [-0.3, -0.25) is 0 Å². The predicted octanol–water partition coefficient (Wildman–Crippen LogP) is 3.45. The topological polar surface area (TPSA) is 27.8 Å². The Balaban J connectivity index is 1.74. The minimum Gasteiger partial charge on any atom is -0.361 e. The Hall–Kier alpha value is -1.28. The van der Waals surface area contributed by atoms with Crippen molar-refractivity contribution < 1.29 is 0 Å². The van der Waals surface area contributed by atoms with Gasteiger partial charge in [0.15, 0.2) is 0 Å². The van der Waals surface area contributed by atoms with Gasteiger partial charge in [0.2, 0.25) is 0 Å². The summed E-state index contributed by atoms with van der Waals surface area (Å²) in [6, 6.07) is 9.38. The maximum atomic E-state index is 3.72. The highest BCUT2D eigenvalue weighted by Crippen LogP contribution is 2.25. The number of hydrogen-bond acceptors (Lipinski definition) is 1. The summed E-state index contributed by atoms with van der Waals surface area (Å²) in [6.07, 6.45) is 6.12. The Kier molecular flexibility index (Phi) is 2.89. The smallest absolute Gasteiger partial charge is 0.0457 e. The number of rotatable bonds is 3. The second-order valence-corrected chi connectivity index (χ2v) is 5.25. The first kappa shape index (κ1) is 10.8. The monoisotopic (exact) mass is 228 g/mol. The normalized spacial score (nSPS) is 24.5. The third kappa shape index (κ3) is 2.09. The standard InChI is InChI=1S/C15H20N2/c1-11-4-2-6-14(11)17-10-12-5-3-7-15-13(12)8-9-16-15/h3,5,7-9,11,14,16-17H,2,4,6,10H2,1H3. The summed E-state index contributed by atoms with van der Waals surface area (Å²) in [5.74, 6) is 0.834. The maximum Gasteiger partial charge on any atom is 0.0457 e. The van der Waals surface area contributed by atoms with Gasteiger partial charge in [0, 0.05) is 29.7 Å². The van der Waals surface area contributed by atoms with Crippen LogP contribution in [0.3, 0.4) is 0 Å². The van der Waals surface area contributed by atoms with Crippen molar-refractivity contribution in [2.75, 3.05) is 0 Å². The molecule has 1 aliphatic rings. The molecule has 2 atom stereocenters. The van der Waals surface area contributed by atoms with Crippen LogP contribution < -0.4 is 5.32 Å². The van der Waals surface area contributed by atoms with E-state index in [2.05, 4.69) is 41.5 Å². The molecule has 0 bridgehead atoms. The summed E-state index contributed by atoms with van der Waals surface area (Å²) in [5, 5.41) is 5.07. The van der Waals surface area contributed by atoms with Crippen LogP contribution in [0.1, 0.15) is 31.7 Å². The molecule has 1 heterocycles. The second-order valence-electron chi connectivity index (χ2n) is 5.25. The highest BCUT2D eigenvalue weighted by molar-refractivity contribution is 5.82. The maximum absolute atomic E-state index is 3.72. The number of aromatic nitrogens is 1. The predicted molar refractivity (Wildman–Crippen MR) is 71.9 cm³/mol. The molecule has 1 aromatic carbocycles. The molecule has 90 valence electrons. The van der Waals surface area contributed by atoms with Crippen LogP contribution in [0.2, 0.25) is 0 Å². The molecule has 2 heteroatoms. The highest BCUT2D eigenvalue weighted by Gasteiger charge is 2.22. The van der Waals surface area contributed by atoms with Crippen LogP contribution in [-0.4, -0.2) is 11.0 Å². The van der Waals surface area contributed by atoms with E-state index >= 15 is 0 Å². The number of hydrogen-bond donors (Lipinski definition) is 2. The fourth-order valence-corrected chi connectivity index (χ4v) is 2.99. The lowest BCUT2D eigenvalue weighted by Crippen LogP contribution is -2.30. The fourth-order valence-electron chi connectivity index (χ4n) is 2.99. The van der Waals surface area contributed by atoms with Gasteiger partial charge in [-0.25, -0.2) is 0 Å². The zero-order valence-corrected chi connectivity index (χ0v) is 10.4. The molecule has 0 saturated heterocycles. The van der Waals surface area contributed by atoms with Crippen LogP contribution in [0, 0.1) is 5.92 Å². The van der Waals surface area contributed by atoms with Crippen molar-refractivity contribution in [1.82, 2.24) is 10.3 Å². The SMILES string of the molecule is CC1CCCC1NCc1cccc2[nH]ccc12. The number of benzene rings is 1. The van der Waals surface area contributed by atoms with Gasteiger partial charge in [-0.15, -0.1) is 0 Å². The zero-order chi connectivity index (χ0) is 11.7. The molecule has 1 aliphatic carbocycles. The molecule has 1 saturated carbocycles. The van der Waals surface area contributed by atoms with Gasteiger partial charge in [-0.05, 0) is 36.5 Å². The van der Waals surface area contributed by atoms with Gasteiger partial charge in [-0.2, -0.15) is 0 Å². The summed E-state index contributed by atoms with van der Waals surface area (Å²) >= 11 is 0. The third-order valence-electron chi connectivity index (χ3n) is 4.10. The molecule has 2 aromatic rings. The first-order valence-electron chi connectivity index (χ1n) is 6.63. The van der Waals surface area contributed by atoms with E-state index in [1.807, 2.05) is 6.20 Å². The molecule has 0 spiro atoms. The lowest BCUT2D eigenvalue weighted by molar-refractivity contribution is 0.426. The molecule has 0 radical (unpaired) electrons. The van der Waals surface area contributed by atoms with Crippen molar-refractivity contribution >= 4 is 10.9 Å². The molecule has 1 aromatic heterocycles. The summed E-state index contributed by atoms with van der Waals surface area (Å²) in [4.78, 5) is 3.27. The van der Waals surface area contributed by atoms with Crippen molar-refractivity contribution in [3.05, 3.63) is 36.0 Å². The molecule has 0 amide bonds. The van der Waals surface area contributed by atoms with Gasteiger partial charge < -0.3 is 10.3 Å². The van der Waals surface area contributed by atoms with E-state index in [-0.39, 0.29) is 0 Å². The first-order valence-corrected chi connectivity index (χ1v) is 6.63. The van der Waals surface area contributed by atoms with Crippen LogP contribution in [0.5, 0.6) is 0 Å². The Morgan fingerprint density at radius 2 is 2.24 bits per heavy atom. The van der Waals surface area contributed by atoms with Gasteiger partial charge in [0.25, 0.3) is 0 Å². The molecular weight excluding hydrogens is 208 g/mol. The average molecular weight is 228 g/mol. The van der Waals surface area contributed by atoms with E-state index in [0.29, 0.717) is 6.04 Å². The van der Waals surface area contributed by atoms with Crippen LogP contribution in [-0.2, 0) is 6.54 Å². The third-order valence-corrected chi connectivity index (χ3v) is 4.10. The molecule has 2 N–H and O–H groups in total. The molecule has 2 nitrogen and oxygen atoms in total. The van der Waals surface area contributed by atoms with E-state index in [9.17, 15) is 0 Å². The molecule has 17 heavy (non-hydrogen) atoms. The van der Waals surface area contributed by atoms with Gasteiger partial charge in [0.1, 0.15) is 0 Å².